The Bertz CT molecular complexity index is 7.61. The number of hydrogen-bond donors (Lipinski definition) is 0. The number of hydrogen-bond acceptors (Lipinski definition) is 0. The Morgan fingerprint density at radius 3 is 0.600 bits per heavy atom. The van der Waals surface area contributed by atoms with Gasteiger partial charge in [-0.1, -0.05) is 0 Å². The predicted octanol–water partition coefficient (Wildman–Crippen LogP) is 2.33. The van der Waals surface area contributed by atoms with Gasteiger partial charge in [-0.25, -0.2) is 0 Å². The van der Waals surface area contributed by atoms with E-state index in [2.05, 4.69) is 0 Å². The molecule has 1 radical (unpaired) electrons. The molecule has 5 heavy (non-hydrogen) atoms. The fourth-order valence-corrected chi connectivity index (χ4v) is 0. The van der Waals surface area contributed by atoms with Gasteiger partial charge in [-0.2, -0.15) is 0 Å². The molecular formula is C2H10IrN2-4. The molecule has 0 aromatic heterocycles. The van der Waals surface area contributed by atoms with E-state index >= 15 is 0 Å². The Hall–Kier alpha value is 0.569. The molecule has 4 N–H and O–H groups in total. The molecule has 0 aliphatic heterocycles. The molecule has 0 spiro atoms. The van der Waals surface area contributed by atoms with Crippen molar-refractivity contribution in [2.45, 2.75) is 0 Å². The monoisotopic (exact) mass is 255 g/mol. The van der Waals surface area contributed by atoms with E-state index in [1.165, 1.54) is 0 Å². The molecule has 0 rings (SSSR count). The van der Waals surface area contributed by atoms with Crippen molar-refractivity contribution in [3.05, 3.63) is 27.2 Å². The zero-order valence-electron chi connectivity index (χ0n) is 3.49. The van der Waals surface area contributed by atoms with Crippen molar-refractivity contribution in [2.75, 3.05) is 0 Å². The molecule has 0 saturated heterocycles. The molecule has 0 aromatic rings. The van der Waals surface area contributed by atoms with Crippen molar-refractivity contribution in [1.82, 2.24) is 0 Å². The molecule has 2 nitrogen and oxygen atoms in total. The van der Waals surface area contributed by atoms with Gasteiger partial charge in [0.25, 0.3) is 0 Å². The van der Waals surface area contributed by atoms with Gasteiger partial charge in [0.2, 0.25) is 0 Å². The summed E-state index contributed by atoms with van der Waals surface area (Å²) in [6.45, 7) is 0. The Balaban J connectivity index is 0. The van der Waals surface area contributed by atoms with Crippen molar-refractivity contribution in [3.8, 4) is 0 Å². The number of nitrogens with two attached hydrogens (primary N) is 2. The first kappa shape index (κ1) is 359. The summed E-state index contributed by atoms with van der Waals surface area (Å²) in [5.74, 6) is 0. The van der Waals surface area contributed by atoms with Crippen LogP contribution < -0.4 is 0 Å². The van der Waals surface area contributed by atoms with Gasteiger partial charge in [0.1, 0.15) is 0 Å². The molecular weight excluding hydrogens is 244 g/mol. The van der Waals surface area contributed by atoms with Crippen LogP contribution in [0.4, 0.5) is 0 Å². The standard InChI is InChI=1S/2CH3.Ir.2H2N/h2*1H3;;2*1H2/q2*-1;;2*-1. The van der Waals surface area contributed by atoms with E-state index in [9.17, 15) is 0 Å². The van der Waals surface area contributed by atoms with Crippen LogP contribution in [0.5, 0.6) is 0 Å². The van der Waals surface area contributed by atoms with Crippen LogP contribution in [0.25, 0.3) is 12.3 Å². The SMILES string of the molecule is [CH3-].[CH3-].[Ir].[NH2-].[NH2-]. The van der Waals surface area contributed by atoms with Gasteiger partial charge < -0.3 is 27.2 Å². The van der Waals surface area contributed by atoms with E-state index in [1.807, 2.05) is 0 Å². The molecule has 41 valence electrons. The van der Waals surface area contributed by atoms with Gasteiger partial charge in [0.05, 0.1) is 0 Å². The third kappa shape index (κ3) is 93.1. The van der Waals surface area contributed by atoms with Crippen molar-refractivity contribution >= 4 is 0 Å². The van der Waals surface area contributed by atoms with Crippen molar-refractivity contribution in [2.24, 2.45) is 0 Å². The summed E-state index contributed by atoms with van der Waals surface area (Å²) < 4.78 is 0. The minimum Gasteiger partial charge on any atom is -0.693 e. The van der Waals surface area contributed by atoms with Crippen molar-refractivity contribution in [3.63, 3.8) is 0 Å². The first-order chi connectivity index (χ1) is 0. The minimum atomic E-state index is 0. The summed E-state index contributed by atoms with van der Waals surface area (Å²) in [6, 6.07) is 0. The minimum absolute atomic E-state index is 0. The Kier molecular flexibility index (Phi) is 12900. The summed E-state index contributed by atoms with van der Waals surface area (Å²) in [5.41, 5.74) is 0. The molecule has 0 aromatic carbocycles. The first-order valence-corrected chi connectivity index (χ1v) is 0. The summed E-state index contributed by atoms with van der Waals surface area (Å²) in [6.07, 6.45) is 0. The van der Waals surface area contributed by atoms with Gasteiger partial charge in [-0.05, 0) is 0 Å². The van der Waals surface area contributed by atoms with Crippen molar-refractivity contribution in [1.29, 1.82) is 0 Å². The van der Waals surface area contributed by atoms with Crippen LogP contribution in [0.3, 0.4) is 0 Å². The smallest absolute Gasteiger partial charge is 0 e. The maximum Gasteiger partial charge on any atom is 0 e. The molecule has 0 aliphatic carbocycles. The van der Waals surface area contributed by atoms with Crippen LogP contribution >= 0.6 is 0 Å². The van der Waals surface area contributed by atoms with E-state index in [4.69, 9.17) is 0 Å². The zero-order chi connectivity index (χ0) is 0. The van der Waals surface area contributed by atoms with E-state index in [0.717, 1.165) is 0 Å². The molecule has 3 heteroatoms. The number of rotatable bonds is 0. The molecule has 0 aliphatic rings. The van der Waals surface area contributed by atoms with Crippen LogP contribution in [-0.4, -0.2) is 0 Å². The Morgan fingerprint density at radius 1 is 0.600 bits per heavy atom. The quantitative estimate of drug-likeness (QED) is 0.595. The average molecular weight is 254 g/mol. The fraction of sp³-hybridized carbons (Fsp3) is 0. The van der Waals surface area contributed by atoms with Gasteiger partial charge in [-0.3, -0.25) is 0 Å². The maximum atomic E-state index is 0. The molecule has 0 fully saturated rings. The maximum absolute atomic E-state index is 0. The second-order valence-electron chi connectivity index (χ2n) is 0. The van der Waals surface area contributed by atoms with Crippen LogP contribution in [0, 0.1) is 14.9 Å². The molecule has 0 saturated carbocycles. The van der Waals surface area contributed by atoms with E-state index in [1.54, 1.807) is 0 Å². The summed E-state index contributed by atoms with van der Waals surface area (Å²) in [7, 11) is 0. The fourth-order valence-electron chi connectivity index (χ4n) is 0. The van der Waals surface area contributed by atoms with Crippen LogP contribution in [0.2, 0.25) is 0 Å². The average Bonchev–Trinajstić information content (AvgIpc) is 0. The predicted molar refractivity (Wildman–Crippen MR) is 23.4 cm³/mol. The van der Waals surface area contributed by atoms with Crippen LogP contribution in [0.15, 0.2) is 0 Å². The van der Waals surface area contributed by atoms with Crippen LogP contribution in [-0.2, 0) is 20.1 Å². The third-order valence-electron chi connectivity index (χ3n) is 0. The second-order valence-corrected chi connectivity index (χ2v) is 0. The summed E-state index contributed by atoms with van der Waals surface area (Å²) in [5, 5.41) is 0. The molecule has 0 bridgehead atoms. The summed E-state index contributed by atoms with van der Waals surface area (Å²) >= 11 is 0. The Labute approximate surface area is 47.9 Å². The van der Waals surface area contributed by atoms with E-state index in [-0.39, 0.29) is 47.3 Å². The largest absolute Gasteiger partial charge is 0.693 e. The molecule has 0 unspecified atom stereocenters. The molecule has 0 heterocycles. The zero-order valence-corrected chi connectivity index (χ0v) is 5.88. The van der Waals surface area contributed by atoms with Crippen molar-refractivity contribution < 1.29 is 20.1 Å². The normalized spacial score (nSPS) is 0. The van der Waals surface area contributed by atoms with Gasteiger partial charge in [0.15, 0.2) is 0 Å². The van der Waals surface area contributed by atoms with E-state index in [0.29, 0.717) is 0 Å². The first-order valence-electron chi connectivity index (χ1n) is 0. The summed E-state index contributed by atoms with van der Waals surface area (Å²) in [4.78, 5) is 0. The third-order valence-corrected chi connectivity index (χ3v) is 0. The van der Waals surface area contributed by atoms with E-state index < -0.39 is 0 Å². The van der Waals surface area contributed by atoms with Gasteiger partial charge in [0, 0.05) is 20.1 Å². The second kappa shape index (κ2) is 180. The molecule has 0 amide bonds. The Morgan fingerprint density at radius 2 is 0.600 bits per heavy atom. The topological polar surface area (TPSA) is 67.0 Å². The van der Waals surface area contributed by atoms with Gasteiger partial charge in [-0.15, -0.1) is 0 Å². The molecule has 0 atom stereocenters. The van der Waals surface area contributed by atoms with Crippen LogP contribution in [0.1, 0.15) is 0 Å². The van der Waals surface area contributed by atoms with Gasteiger partial charge >= 0.3 is 0 Å².